The van der Waals surface area contributed by atoms with Gasteiger partial charge in [0.25, 0.3) is 5.56 Å². The van der Waals surface area contributed by atoms with E-state index in [4.69, 9.17) is 0 Å². The van der Waals surface area contributed by atoms with Crippen molar-refractivity contribution < 1.29 is 0 Å². The molecule has 9 heteroatoms. The summed E-state index contributed by atoms with van der Waals surface area (Å²) in [7, 11) is 0. The van der Waals surface area contributed by atoms with Crippen molar-refractivity contribution in [1.29, 1.82) is 0 Å². The standard InChI is InChI=1S/C22H24N6O.2ClH/c29-22-21-16(5-3-7-19(21)25-17-6-4-10-23-14-17)13-24-28(22)12-9-18-15-27-11-2-1-8-20(27)26-18;;/h1-3,5,7-8,11,13,15,17,23,25H,4,6,9-10,12,14H2;2*1H. The molecule has 1 aromatic carbocycles. The van der Waals surface area contributed by atoms with Crippen LogP contribution in [0.3, 0.4) is 0 Å². The monoisotopic (exact) mass is 460 g/mol. The van der Waals surface area contributed by atoms with Crippen molar-refractivity contribution in [1.82, 2.24) is 24.5 Å². The summed E-state index contributed by atoms with van der Waals surface area (Å²) in [6.07, 6.45) is 8.67. The lowest BCUT2D eigenvalue weighted by Gasteiger charge is -2.25. The van der Waals surface area contributed by atoms with Crippen molar-refractivity contribution in [2.24, 2.45) is 0 Å². The van der Waals surface area contributed by atoms with Crippen LogP contribution in [0.2, 0.25) is 0 Å². The van der Waals surface area contributed by atoms with Gasteiger partial charge in [-0.25, -0.2) is 9.67 Å². The number of hydrogen-bond donors (Lipinski definition) is 2. The number of pyridine rings is 1. The molecule has 0 spiro atoms. The molecule has 1 aliphatic rings. The highest BCUT2D eigenvalue weighted by molar-refractivity contribution is 5.92. The Morgan fingerprint density at radius 2 is 2.06 bits per heavy atom. The summed E-state index contributed by atoms with van der Waals surface area (Å²) in [4.78, 5) is 17.8. The van der Waals surface area contributed by atoms with Crippen LogP contribution in [0.4, 0.5) is 5.69 Å². The largest absolute Gasteiger partial charge is 0.380 e. The van der Waals surface area contributed by atoms with E-state index in [-0.39, 0.29) is 30.4 Å². The van der Waals surface area contributed by atoms with Gasteiger partial charge in [-0.2, -0.15) is 5.10 Å². The van der Waals surface area contributed by atoms with E-state index >= 15 is 0 Å². The van der Waals surface area contributed by atoms with Gasteiger partial charge in [0.1, 0.15) is 5.65 Å². The fourth-order valence-electron chi connectivity index (χ4n) is 4.03. The normalized spacial score (nSPS) is 15.9. The number of anilines is 1. The van der Waals surface area contributed by atoms with Gasteiger partial charge in [-0.1, -0.05) is 18.2 Å². The molecular formula is C22H26Cl2N6O. The Morgan fingerprint density at radius 3 is 2.87 bits per heavy atom. The second kappa shape index (κ2) is 10.1. The molecule has 1 saturated heterocycles. The van der Waals surface area contributed by atoms with Crippen molar-refractivity contribution in [2.45, 2.75) is 31.8 Å². The van der Waals surface area contributed by atoms with Crippen LogP contribution >= 0.6 is 24.8 Å². The van der Waals surface area contributed by atoms with Crippen LogP contribution in [0.15, 0.2) is 59.8 Å². The number of aromatic nitrogens is 4. The average Bonchev–Trinajstić information content (AvgIpc) is 3.17. The molecule has 4 heterocycles. The van der Waals surface area contributed by atoms with Gasteiger partial charge >= 0.3 is 0 Å². The van der Waals surface area contributed by atoms with E-state index in [1.165, 1.54) is 0 Å². The van der Waals surface area contributed by atoms with Crippen LogP contribution in [-0.4, -0.2) is 38.3 Å². The van der Waals surface area contributed by atoms with E-state index < -0.39 is 0 Å². The minimum absolute atomic E-state index is 0. The zero-order valence-electron chi connectivity index (χ0n) is 17.0. The van der Waals surface area contributed by atoms with Gasteiger partial charge in [-0.3, -0.25) is 4.79 Å². The molecule has 7 nitrogen and oxygen atoms in total. The molecule has 0 radical (unpaired) electrons. The minimum Gasteiger partial charge on any atom is -0.380 e. The zero-order chi connectivity index (χ0) is 19.6. The molecule has 1 atom stereocenters. The third-order valence-electron chi connectivity index (χ3n) is 5.53. The highest BCUT2D eigenvalue weighted by Gasteiger charge is 2.16. The van der Waals surface area contributed by atoms with Gasteiger partial charge in [-0.05, 0) is 37.6 Å². The highest BCUT2D eigenvalue weighted by atomic mass is 35.5. The maximum Gasteiger partial charge on any atom is 0.276 e. The molecule has 1 unspecified atom stereocenters. The Labute approximate surface area is 192 Å². The quantitative estimate of drug-likeness (QED) is 0.477. The van der Waals surface area contributed by atoms with Crippen molar-refractivity contribution in [3.05, 3.63) is 71.0 Å². The maximum absolute atomic E-state index is 13.2. The minimum atomic E-state index is -0.0573. The van der Waals surface area contributed by atoms with Gasteiger partial charge in [0, 0.05) is 42.5 Å². The van der Waals surface area contributed by atoms with Crippen LogP contribution in [0, 0.1) is 0 Å². The zero-order valence-corrected chi connectivity index (χ0v) is 18.7. The molecule has 0 aliphatic carbocycles. The van der Waals surface area contributed by atoms with E-state index in [1.54, 1.807) is 10.9 Å². The molecule has 0 saturated carbocycles. The van der Waals surface area contributed by atoms with E-state index in [0.29, 0.717) is 24.4 Å². The lowest BCUT2D eigenvalue weighted by atomic mass is 10.1. The number of fused-ring (bicyclic) bond motifs is 2. The number of hydrogen-bond acceptors (Lipinski definition) is 5. The number of halogens is 2. The lowest BCUT2D eigenvalue weighted by Crippen LogP contribution is -2.38. The fraction of sp³-hybridized carbons (Fsp3) is 0.318. The fourth-order valence-corrected chi connectivity index (χ4v) is 4.03. The smallest absolute Gasteiger partial charge is 0.276 e. The summed E-state index contributed by atoms with van der Waals surface area (Å²) < 4.78 is 3.54. The van der Waals surface area contributed by atoms with Crippen LogP contribution in [0.1, 0.15) is 18.5 Å². The average molecular weight is 461 g/mol. The van der Waals surface area contributed by atoms with Gasteiger partial charge in [-0.15, -0.1) is 24.8 Å². The van der Waals surface area contributed by atoms with Crippen LogP contribution in [-0.2, 0) is 13.0 Å². The summed E-state index contributed by atoms with van der Waals surface area (Å²) in [5.74, 6) is 0. The predicted molar refractivity (Wildman–Crippen MR) is 129 cm³/mol. The Bertz CT molecular complexity index is 1180. The molecule has 1 fully saturated rings. The number of rotatable bonds is 5. The Kier molecular flexibility index (Phi) is 7.54. The molecule has 5 rings (SSSR count). The van der Waals surface area contributed by atoms with Crippen molar-refractivity contribution in [3.8, 4) is 0 Å². The number of nitrogens with zero attached hydrogens (tertiary/aromatic N) is 4. The summed E-state index contributed by atoms with van der Waals surface area (Å²) >= 11 is 0. The van der Waals surface area contributed by atoms with E-state index in [0.717, 1.165) is 48.3 Å². The van der Waals surface area contributed by atoms with Gasteiger partial charge in [0.15, 0.2) is 0 Å². The van der Waals surface area contributed by atoms with Crippen LogP contribution < -0.4 is 16.2 Å². The first-order chi connectivity index (χ1) is 14.3. The van der Waals surface area contributed by atoms with Gasteiger partial charge in [0.2, 0.25) is 0 Å². The molecular weight excluding hydrogens is 435 g/mol. The number of benzene rings is 1. The first kappa shape index (κ1) is 23.1. The lowest BCUT2D eigenvalue weighted by molar-refractivity contribution is 0.480. The number of piperidine rings is 1. The number of aryl methyl sites for hydroxylation is 2. The molecule has 0 amide bonds. The molecule has 1 aliphatic heterocycles. The van der Waals surface area contributed by atoms with Crippen molar-refractivity contribution in [3.63, 3.8) is 0 Å². The Morgan fingerprint density at radius 1 is 1.16 bits per heavy atom. The predicted octanol–water partition coefficient (Wildman–Crippen LogP) is 3.29. The SMILES string of the molecule is Cl.Cl.O=c1c2c(NC3CCCNC3)cccc2cnn1CCc1cn2ccccc2n1. The number of nitrogens with one attached hydrogen (secondary N) is 2. The Balaban J connectivity index is 0.00000136. The Hall–Kier alpha value is -2.61. The van der Waals surface area contributed by atoms with E-state index in [9.17, 15) is 4.79 Å². The third kappa shape index (κ3) is 4.84. The molecule has 164 valence electrons. The van der Waals surface area contributed by atoms with Gasteiger partial charge in [0.05, 0.1) is 23.8 Å². The summed E-state index contributed by atoms with van der Waals surface area (Å²) in [5, 5.41) is 12.9. The molecule has 3 aromatic heterocycles. The summed E-state index contributed by atoms with van der Waals surface area (Å²) in [6, 6.07) is 12.2. The second-order valence-corrected chi connectivity index (χ2v) is 7.58. The van der Waals surface area contributed by atoms with E-state index in [1.807, 2.05) is 53.2 Å². The number of imidazole rings is 1. The topological polar surface area (TPSA) is 76.2 Å². The van der Waals surface area contributed by atoms with Crippen LogP contribution in [0.25, 0.3) is 16.4 Å². The van der Waals surface area contributed by atoms with Crippen LogP contribution in [0.5, 0.6) is 0 Å². The molecule has 31 heavy (non-hydrogen) atoms. The first-order valence-corrected chi connectivity index (χ1v) is 10.2. The summed E-state index contributed by atoms with van der Waals surface area (Å²) in [5.41, 5.74) is 2.70. The second-order valence-electron chi connectivity index (χ2n) is 7.58. The van der Waals surface area contributed by atoms with Crippen molar-refractivity contribution >= 4 is 46.9 Å². The third-order valence-corrected chi connectivity index (χ3v) is 5.53. The maximum atomic E-state index is 13.2. The molecule has 4 aromatic rings. The molecule has 2 N–H and O–H groups in total. The van der Waals surface area contributed by atoms with Crippen molar-refractivity contribution in [2.75, 3.05) is 18.4 Å². The molecule has 0 bridgehead atoms. The highest BCUT2D eigenvalue weighted by Crippen LogP contribution is 2.21. The summed E-state index contributed by atoms with van der Waals surface area (Å²) in [6.45, 7) is 2.48. The van der Waals surface area contributed by atoms with Gasteiger partial charge < -0.3 is 15.0 Å². The van der Waals surface area contributed by atoms with E-state index in [2.05, 4.69) is 20.7 Å². The first-order valence-electron chi connectivity index (χ1n) is 10.2.